The standard InChI is InChI=1S/C25H27ClN2O3/c26-15-23(29)17-28(16-20-7-3-1-4-8-20)18-25(30)27-22-11-13-24(14-12-22)31-19-21-9-5-2-6-10-21/h1-14,23,29H,15-19H2,(H,27,30)/t23-/m1/s1. The molecular weight excluding hydrogens is 412 g/mol. The number of hydrogen-bond donors (Lipinski definition) is 2. The highest BCUT2D eigenvalue weighted by atomic mass is 35.5. The zero-order valence-electron chi connectivity index (χ0n) is 17.3. The van der Waals surface area contributed by atoms with E-state index in [0.29, 0.717) is 25.4 Å². The summed E-state index contributed by atoms with van der Waals surface area (Å²) in [5.41, 5.74) is 2.85. The molecule has 0 unspecified atom stereocenters. The van der Waals surface area contributed by atoms with Crippen LogP contribution in [-0.2, 0) is 17.9 Å². The van der Waals surface area contributed by atoms with Gasteiger partial charge in [0.15, 0.2) is 0 Å². The van der Waals surface area contributed by atoms with Crippen LogP contribution in [0.3, 0.4) is 0 Å². The molecular formula is C25H27ClN2O3. The minimum Gasteiger partial charge on any atom is -0.489 e. The van der Waals surface area contributed by atoms with Crippen LogP contribution < -0.4 is 10.1 Å². The summed E-state index contributed by atoms with van der Waals surface area (Å²) in [6, 6.07) is 27.1. The van der Waals surface area contributed by atoms with Gasteiger partial charge in [0.05, 0.1) is 12.6 Å². The first-order chi connectivity index (χ1) is 15.1. The van der Waals surface area contributed by atoms with Crippen LogP contribution in [0.5, 0.6) is 5.75 Å². The number of nitrogens with one attached hydrogen (secondary N) is 1. The Morgan fingerprint density at radius 3 is 2.16 bits per heavy atom. The number of hydrogen-bond acceptors (Lipinski definition) is 4. The van der Waals surface area contributed by atoms with Crippen LogP contribution >= 0.6 is 11.6 Å². The first-order valence-electron chi connectivity index (χ1n) is 10.2. The Balaban J connectivity index is 1.53. The fourth-order valence-corrected chi connectivity index (χ4v) is 3.25. The van der Waals surface area contributed by atoms with E-state index < -0.39 is 6.10 Å². The molecule has 3 aromatic carbocycles. The topological polar surface area (TPSA) is 61.8 Å². The zero-order chi connectivity index (χ0) is 21.9. The van der Waals surface area contributed by atoms with Crippen molar-refractivity contribution in [3.8, 4) is 5.75 Å². The van der Waals surface area contributed by atoms with Crippen LogP contribution in [0.1, 0.15) is 11.1 Å². The summed E-state index contributed by atoms with van der Waals surface area (Å²) in [7, 11) is 0. The number of ether oxygens (including phenoxy) is 1. The van der Waals surface area contributed by atoms with Crippen LogP contribution in [0.15, 0.2) is 84.9 Å². The maximum absolute atomic E-state index is 12.6. The van der Waals surface area contributed by atoms with Crippen molar-refractivity contribution in [3.63, 3.8) is 0 Å². The molecule has 5 nitrogen and oxygen atoms in total. The molecule has 0 spiro atoms. The molecule has 0 aliphatic heterocycles. The average molecular weight is 439 g/mol. The summed E-state index contributed by atoms with van der Waals surface area (Å²) >= 11 is 5.76. The van der Waals surface area contributed by atoms with E-state index in [1.807, 2.05) is 89.8 Å². The fraction of sp³-hybridized carbons (Fsp3) is 0.240. The maximum atomic E-state index is 12.6. The van der Waals surface area contributed by atoms with Crippen LogP contribution in [0.2, 0.25) is 0 Å². The van der Waals surface area contributed by atoms with Gasteiger partial charge in [-0.2, -0.15) is 0 Å². The number of carbonyl (C=O) groups excluding carboxylic acids is 1. The molecule has 1 atom stereocenters. The largest absolute Gasteiger partial charge is 0.489 e. The van der Waals surface area contributed by atoms with Gasteiger partial charge in [-0.25, -0.2) is 0 Å². The molecule has 0 saturated carbocycles. The van der Waals surface area contributed by atoms with Gasteiger partial charge in [-0.3, -0.25) is 9.69 Å². The van der Waals surface area contributed by atoms with Crippen molar-refractivity contribution in [2.45, 2.75) is 19.3 Å². The van der Waals surface area contributed by atoms with Gasteiger partial charge >= 0.3 is 0 Å². The summed E-state index contributed by atoms with van der Waals surface area (Å²) in [5.74, 6) is 0.700. The minimum atomic E-state index is -0.695. The molecule has 0 saturated heterocycles. The molecule has 3 rings (SSSR count). The lowest BCUT2D eigenvalue weighted by Gasteiger charge is -2.24. The zero-order valence-corrected chi connectivity index (χ0v) is 18.0. The van der Waals surface area contributed by atoms with Crippen molar-refractivity contribution in [1.82, 2.24) is 4.90 Å². The quantitative estimate of drug-likeness (QED) is 0.438. The van der Waals surface area contributed by atoms with Crippen LogP contribution in [0.4, 0.5) is 5.69 Å². The molecule has 3 aromatic rings. The molecule has 0 aliphatic rings. The summed E-state index contributed by atoms with van der Waals surface area (Å²) in [6.45, 7) is 1.51. The molecule has 0 bridgehead atoms. The summed E-state index contributed by atoms with van der Waals surface area (Å²) < 4.78 is 5.78. The number of amides is 1. The summed E-state index contributed by atoms with van der Waals surface area (Å²) in [4.78, 5) is 14.5. The van der Waals surface area contributed by atoms with Gasteiger partial charge in [0.1, 0.15) is 12.4 Å². The lowest BCUT2D eigenvalue weighted by Crippen LogP contribution is -2.38. The van der Waals surface area contributed by atoms with Crippen molar-refractivity contribution in [3.05, 3.63) is 96.1 Å². The first-order valence-corrected chi connectivity index (χ1v) is 10.7. The van der Waals surface area contributed by atoms with Gasteiger partial charge in [-0.15, -0.1) is 11.6 Å². The lowest BCUT2D eigenvalue weighted by atomic mass is 10.2. The second kappa shape index (κ2) is 12.1. The smallest absolute Gasteiger partial charge is 0.238 e. The van der Waals surface area contributed by atoms with Crippen molar-refractivity contribution in [1.29, 1.82) is 0 Å². The molecule has 31 heavy (non-hydrogen) atoms. The Labute approximate surface area is 188 Å². The molecule has 162 valence electrons. The average Bonchev–Trinajstić information content (AvgIpc) is 2.80. The third kappa shape index (κ3) is 8.06. The number of alkyl halides is 1. The third-order valence-corrected chi connectivity index (χ3v) is 5.01. The van der Waals surface area contributed by atoms with E-state index >= 15 is 0 Å². The van der Waals surface area contributed by atoms with E-state index in [9.17, 15) is 9.90 Å². The van der Waals surface area contributed by atoms with Crippen LogP contribution in [0.25, 0.3) is 0 Å². The number of rotatable bonds is 11. The molecule has 0 fully saturated rings. The van der Waals surface area contributed by atoms with Gasteiger partial charge in [-0.05, 0) is 35.4 Å². The fourth-order valence-electron chi connectivity index (χ4n) is 3.15. The summed E-state index contributed by atoms with van der Waals surface area (Å²) in [5, 5.41) is 12.9. The minimum absolute atomic E-state index is 0.122. The number of anilines is 1. The first kappa shape index (κ1) is 22.8. The SMILES string of the molecule is O=C(CN(Cc1ccccc1)C[C@H](O)CCl)Nc1ccc(OCc2ccccc2)cc1. The number of carbonyl (C=O) groups is 1. The monoisotopic (exact) mass is 438 g/mol. The van der Waals surface area contributed by atoms with E-state index in [1.165, 1.54) is 0 Å². The van der Waals surface area contributed by atoms with Crippen molar-refractivity contribution in [2.75, 3.05) is 24.3 Å². The molecule has 0 aliphatic carbocycles. The Morgan fingerprint density at radius 1 is 0.935 bits per heavy atom. The van der Waals surface area contributed by atoms with Gasteiger partial charge in [0.2, 0.25) is 5.91 Å². The number of aliphatic hydroxyl groups excluding tert-OH is 1. The van der Waals surface area contributed by atoms with E-state index in [1.54, 1.807) is 0 Å². The van der Waals surface area contributed by atoms with Crippen LogP contribution in [0, 0.1) is 0 Å². The normalized spacial score (nSPS) is 11.8. The Hall–Kier alpha value is -2.86. The molecule has 0 aromatic heterocycles. The third-order valence-electron chi connectivity index (χ3n) is 4.65. The van der Waals surface area contributed by atoms with Gasteiger partial charge < -0.3 is 15.2 Å². The molecule has 6 heteroatoms. The molecule has 0 radical (unpaired) electrons. The van der Waals surface area contributed by atoms with E-state index in [2.05, 4.69) is 5.32 Å². The Bertz CT molecular complexity index is 921. The number of halogens is 1. The predicted molar refractivity (Wildman–Crippen MR) is 124 cm³/mol. The maximum Gasteiger partial charge on any atom is 0.238 e. The van der Waals surface area contributed by atoms with Gasteiger partial charge in [-0.1, -0.05) is 60.7 Å². The van der Waals surface area contributed by atoms with Gasteiger partial charge in [0.25, 0.3) is 0 Å². The number of aliphatic hydroxyl groups is 1. The highest BCUT2D eigenvalue weighted by Crippen LogP contribution is 2.17. The number of nitrogens with zero attached hydrogens (tertiary/aromatic N) is 1. The highest BCUT2D eigenvalue weighted by Gasteiger charge is 2.15. The Kier molecular flexibility index (Phi) is 8.91. The van der Waals surface area contributed by atoms with E-state index in [4.69, 9.17) is 16.3 Å². The molecule has 0 heterocycles. The highest BCUT2D eigenvalue weighted by molar-refractivity contribution is 6.18. The molecule has 1 amide bonds. The molecule has 2 N–H and O–H groups in total. The van der Waals surface area contributed by atoms with Crippen molar-refractivity contribution >= 4 is 23.2 Å². The van der Waals surface area contributed by atoms with E-state index in [0.717, 1.165) is 16.9 Å². The lowest BCUT2D eigenvalue weighted by molar-refractivity contribution is -0.117. The van der Waals surface area contributed by atoms with E-state index in [-0.39, 0.29) is 18.3 Å². The van der Waals surface area contributed by atoms with Crippen molar-refractivity contribution in [2.24, 2.45) is 0 Å². The second-order valence-corrected chi connectivity index (χ2v) is 7.62. The van der Waals surface area contributed by atoms with Gasteiger partial charge in [0, 0.05) is 24.7 Å². The van der Waals surface area contributed by atoms with Crippen LogP contribution in [-0.4, -0.2) is 41.0 Å². The Morgan fingerprint density at radius 2 is 1.55 bits per heavy atom. The number of benzene rings is 3. The summed E-state index contributed by atoms with van der Waals surface area (Å²) in [6.07, 6.45) is -0.695. The predicted octanol–water partition coefficient (Wildman–Crippen LogP) is 4.31. The van der Waals surface area contributed by atoms with Crippen molar-refractivity contribution < 1.29 is 14.6 Å². The second-order valence-electron chi connectivity index (χ2n) is 7.31.